The summed E-state index contributed by atoms with van der Waals surface area (Å²) >= 11 is 0. The Balaban J connectivity index is 3.03. The standard InChI is InChI=1S/C5H9BN2O2/c1-4-3-5(2)8(7-4)6(9)10/h3,9-10H,1-2H3. The number of nitrogens with zero attached hydrogens (tertiary/aromatic N) is 2. The fourth-order valence-electron chi connectivity index (χ4n) is 0.880. The lowest BCUT2D eigenvalue weighted by molar-refractivity contribution is 0.380. The Labute approximate surface area is 59.3 Å². The molecule has 0 spiro atoms. The normalized spacial score (nSPS) is 10.0. The molecule has 0 aliphatic rings. The number of hydrogen-bond donors (Lipinski definition) is 2. The summed E-state index contributed by atoms with van der Waals surface area (Å²) < 4.78 is 1.15. The maximum absolute atomic E-state index is 8.67. The minimum absolute atomic E-state index is 0.743. The molecule has 0 unspecified atom stereocenters. The maximum Gasteiger partial charge on any atom is 0.609 e. The highest BCUT2D eigenvalue weighted by molar-refractivity contribution is 6.38. The first kappa shape index (κ1) is 7.30. The lowest BCUT2D eigenvalue weighted by atomic mass is 10.1. The van der Waals surface area contributed by atoms with Crippen molar-refractivity contribution in [3.05, 3.63) is 17.5 Å². The van der Waals surface area contributed by atoms with Crippen LogP contribution in [0.5, 0.6) is 0 Å². The first-order chi connectivity index (χ1) is 4.61. The second-order valence-corrected chi connectivity index (χ2v) is 2.22. The summed E-state index contributed by atoms with van der Waals surface area (Å²) in [4.78, 5) is 0. The van der Waals surface area contributed by atoms with Crippen LogP contribution in [-0.2, 0) is 0 Å². The van der Waals surface area contributed by atoms with Crippen molar-refractivity contribution in [2.75, 3.05) is 0 Å². The van der Waals surface area contributed by atoms with E-state index in [9.17, 15) is 0 Å². The molecular weight excluding hydrogens is 131 g/mol. The predicted molar refractivity (Wildman–Crippen MR) is 37.3 cm³/mol. The van der Waals surface area contributed by atoms with Gasteiger partial charge < -0.3 is 10.0 Å². The van der Waals surface area contributed by atoms with Crippen LogP contribution in [0.3, 0.4) is 0 Å². The zero-order chi connectivity index (χ0) is 7.72. The molecule has 0 atom stereocenters. The molecule has 4 nitrogen and oxygen atoms in total. The first-order valence-electron chi connectivity index (χ1n) is 3.00. The molecule has 0 radical (unpaired) electrons. The zero-order valence-electron chi connectivity index (χ0n) is 5.94. The van der Waals surface area contributed by atoms with Crippen molar-refractivity contribution in [2.24, 2.45) is 0 Å². The molecule has 1 rings (SSSR count). The molecule has 2 N–H and O–H groups in total. The molecule has 0 aromatic carbocycles. The van der Waals surface area contributed by atoms with Gasteiger partial charge in [0.2, 0.25) is 0 Å². The van der Waals surface area contributed by atoms with Crippen LogP contribution in [0.25, 0.3) is 0 Å². The fraction of sp³-hybridized carbons (Fsp3) is 0.400. The molecular formula is C5H9BN2O2. The summed E-state index contributed by atoms with van der Waals surface area (Å²) in [5, 5.41) is 21.2. The smallest absolute Gasteiger partial charge is 0.407 e. The monoisotopic (exact) mass is 140 g/mol. The van der Waals surface area contributed by atoms with Gasteiger partial charge in [-0.2, -0.15) is 5.10 Å². The van der Waals surface area contributed by atoms with Gasteiger partial charge in [0.25, 0.3) is 0 Å². The molecule has 0 amide bonds. The van der Waals surface area contributed by atoms with Gasteiger partial charge in [0, 0.05) is 5.69 Å². The van der Waals surface area contributed by atoms with Crippen LogP contribution in [0, 0.1) is 13.8 Å². The van der Waals surface area contributed by atoms with Crippen molar-refractivity contribution >= 4 is 7.25 Å². The summed E-state index contributed by atoms with van der Waals surface area (Å²) in [7, 11) is -1.52. The van der Waals surface area contributed by atoms with E-state index in [4.69, 9.17) is 10.0 Å². The van der Waals surface area contributed by atoms with Crippen LogP contribution in [0.2, 0.25) is 0 Å². The Morgan fingerprint density at radius 1 is 1.50 bits per heavy atom. The topological polar surface area (TPSA) is 58.3 Å². The van der Waals surface area contributed by atoms with Gasteiger partial charge in [-0.3, -0.25) is 4.59 Å². The average Bonchev–Trinajstić information content (AvgIpc) is 2.10. The van der Waals surface area contributed by atoms with Crippen molar-refractivity contribution in [2.45, 2.75) is 13.8 Å². The minimum atomic E-state index is -1.52. The second-order valence-electron chi connectivity index (χ2n) is 2.22. The highest BCUT2D eigenvalue weighted by Gasteiger charge is 2.14. The highest BCUT2D eigenvalue weighted by Crippen LogP contribution is 1.99. The van der Waals surface area contributed by atoms with Gasteiger partial charge in [0.1, 0.15) is 0 Å². The van der Waals surface area contributed by atoms with Gasteiger partial charge in [0.15, 0.2) is 0 Å². The van der Waals surface area contributed by atoms with E-state index in [0.717, 1.165) is 16.0 Å². The fourth-order valence-corrected chi connectivity index (χ4v) is 0.880. The third-order valence-electron chi connectivity index (χ3n) is 1.26. The van der Waals surface area contributed by atoms with Gasteiger partial charge in [-0.05, 0) is 19.9 Å². The number of rotatable bonds is 1. The van der Waals surface area contributed by atoms with E-state index in [1.165, 1.54) is 0 Å². The molecule has 1 heterocycles. The van der Waals surface area contributed by atoms with E-state index < -0.39 is 7.25 Å². The number of aryl methyl sites for hydroxylation is 2. The van der Waals surface area contributed by atoms with E-state index in [1.807, 2.05) is 0 Å². The van der Waals surface area contributed by atoms with Crippen molar-refractivity contribution in [1.29, 1.82) is 0 Å². The zero-order valence-corrected chi connectivity index (χ0v) is 5.94. The Morgan fingerprint density at radius 3 is 2.30 bits per heavy atom. The molecule has 10 heavy (non-hydrogen) atoms. The van der Waals surface area contributed by atoms with E-state index in [0.29, 0.717) is 0 Å². The van der Waals surface area contributed by atoms with Crippen LogP contribution >= 0.6 is 0 Å². The van der Waals surface area contributed by atoms with Crippen molar-refractivity contribution in [3.8, 4) is 0 Å². The Bertz CT molecular complexity index is 234. The molecule has 0 fully saturated rings. The van der Waals surface area contributed by atoms with Gasteiger partial charge in [0.05, 0.1) is 5.69 Å². The summed E-state index contributed by atoms with van der Waals surface area (Å²) in [5.74, 6) is 0. The summed E-state index contributed by atoms with van der Waals surface area (Å²) in [6.07, 6.45) is 0. The minimum Gasteiger partial charge on any atom is -0.407 e. The number of hydrogen-bond acceptors (Lipinski definition) is 3. The number of aromatic nitrogens is 2. The van der Waals surface area contributed by atoms with E-state index in [-0.39, 0.29) is 0 Å². The summed E-state index contributed by atoms with van der Waals surface area (Å²) in [6, 6.07) is 1.78. The lowest BCUT2D eigenvalue weighted by Crippen LogP contribution is -2.26. The molecule has 1 aromatic heterocycles. The Hall–Kier alpha value is -0.805. The van der Waals surface area contributed by atoms with Crippen LogP contribution in [0.4, 0.5) is 0 Å². The van der Waals surface area contributed by atoms with Crippen molar-refractivity contribution < 1.29 is 10.0 Å². The predicted octanol–water partition coefficient (Wildman–Crippen LogP) is -0.682. The molecule has 0 saturated heterocycles. The summed E-state index contributed by atoms with van der Waals surface area (Å²) in [5.41, 5.74) is 1.53. The SMILES string of the molecule is Cc1cc(C)n(B(O)O)n1. The van der Waals surface area contributed by atoms with Crippen LogP contribution < -0.4 is 0 Å². The highest BCUT2D eigenvalue weighted by atomic mass is 16.4. The molecule has 54 valence electrons. The van der Waals surface area contributed by atoms with E-state index in [2.05, 4.69) is 5.10 Å². The molecule has 1 aromatic rings. The molecule has 0 aliphatic carbocycles. The van der Waals surface area contributed by atoms with Gasteiger partial charge in [-0.1, -0.05) is 0 Å². The average molecular weight is 140 g/mol. The van der Waals surface area contributed by atoms with Crippen molar-refractivity contribution in [1.82, 2.24) is 9.69 Å². The van der Waals surface area contributed by atoms with Gasteiger partial charge in [-0.15, -0.1) is 0 Å². The van der Waals surface area contributed by atoms with Crippen LogP contribution in [0.15, 0.2) is 6.07 Å². The third kappa shape index (κ3) is 1.20. The largest absolute Gasteiger partial charge is 0.609 e. The molecule has 0 aliphatic heterocycles. The van der Waals surface area contributed by atoms with E-state index >= 15 is 0 Å². The Morgan fingerprint density at radius 2 is 2.10 bits per heavy atom. The lowest BCUT2D eigenvalue weighted by Gasteiger charge is -1.98. The Kier molecular flexibility index (Phi) is 1.78. The molecule has 5 heteroatoms. The maximum atomic E-state index is 8.67. The second kappa shape index (κ2) is 2.44. The quantitative estimate of drug-likeness (QED) is 0.508. The van der Waals surface area contributed by atoms with E-state index in [1.54, 1.807) is 19.9 Å². The van der Waals surface area contributed by atoms with Crippen LogP contribution in [-0.4, -0.2) is 27.0 Å². The molecule has 0 saturated carbocycles. The first-order valence-corrected chi connectivity index (χ1v) is 3.00. The van der Waals surface area contributed by atoms with Gasteiger partial charge >= 0.3 is 7.25 Å². The third-order valence-corrected chi connectivity index (χ3v) is 1.26. The summed E-state index contributed by atoms with van der Waals surface area (Å²) in [6.45, 7) is 3.56. The van der Waals surface area contributed by atoms with Crippen LogP contribution in [0.1, 0.15) is 11.4 Å². The van der Waals surface area contributed by atoms with Crippen molar-refractivity contribution in [3.63, 3.8) is 0 Å². The van der Waals surface area contributed by atoms with Gasteiger partial charge in [-0.25, -0.2) is 0 Å². The molecule has 0 bridgehead atoms.